The lowest BCUT2D eigenvalue weighted by atomic mass is 9.73. The van der Waals surface area contributed by atoms with E-state index in [9.17, 15) is 29.1 Å². The number of carbonyl (C=O) groups excluding carboxylic acids is 5. The molecule has 18 heteroatoms. The number of alkyl carbamates (subject to hydrolysis) is 1. The molecule has 0 aliphatic carbocycles. The van der Waals surface area contributed by atoms with E-state index in [4.69, 9.17) is 35.3 Å². The molecule has 346 valence electrons. The van der Waals surface area contributed by atoms with Gasteiger partial charge in [0.05, 0.1) is 25.3 Å². The highest BCUT2D eigenvalue weighted by Crippen LogP contribution is 2.54. The van der Waals surface area contributed by atoms with E-state index in [1.54, 1.807) is 80.9 Å². The summed E-state index contributed by atoms with van der Waals surface area (Å²) in [7, 11) is 11.0. The summed E-state index contributed by atoms with van der Waals surface area (Å²) in [5.41, 5.74) is -2.05. The number of rotatable bonds is 14. The van der Waals surface area contributed by atoms with Gasteiger partial charge in [-0.15, -0.1) is 0 Å². The molecule has 2 fully saturated rings. The van der Waals surface area contributed by atoms with Crippen LogP contribution in [0.2, 0.25) is 5.02 Å². The first-order valence-corrected chi connectivity index (χ1v) is 23.5. The number of likely N-dealkylation sites (N-methyl/N-ethyl adjacent to an activating group) is 1. The third kappa shape index (κ3) is 12.4. The predicted octanol–water partition coefficient (Wildman–Crippen LogP) is 6.37. The quantitative estimate of drug-likeness (QED) is 0.0810. The summed E-state index contributed by atoms with van der Waals surface area (Å²) in [6.45, 7) is 13.0. The molecule has 3 heterocycles. The molecule has 3 aliphatic rings. The van der Waals surface area contributed by atoms with E-state index in [-0.39, 0.29) is 40.8 Å². The molecule has 0 spiro atoms. The highest BCUT2D eigenvalue weighted by Gasteiger charge is 2.68. The predicted molar refractivity (Wildman–Crippen MR) is 242 cm³/mol. The number of hydrogen-bond donors (Lipinski definition) is 3. The van der Waals surface area contributed by atoms with E-state index in [0.29, 0.717) is 30.7 Å². The fourth-order valence-electron chi connectivity index (χ4n) is 7.75. The summed E-state index contributed by atoms with van der Waals surface area (Å²) < 4.78 is 29.5. The Morgan fingerprint density at radius 1 is 1.18 bits per heavy atom. The zero-order chi connectivity index (χ0) is 46.4. The molecule has 0 aromatic heterocycles. The number of esters is 1. The number of fused-ring (bicyclic) bond motifs is 5. The maximum atomic E-state index is 14.4. The van der Waals surface area contributed by atoms with Gasteiger partial charge in [-0.2, -0.15) is 0 Å². The second kappa shape index (κ2) is 21.0. The zero-order valence-electron chi connectivity index (χ0n) is 38.0. The zero-order valence-corrected chi connectivity index (χ0v) is 40.4. The normalized spacial score (nSPS) is 28.2. The van der Waals surface area contributed by atoms with Crippen molar-refractivity contribution in [2.45, 2.75) is 140 Å². The van der Waals surface area contributed by atoms with Crippen LogP contribution in [-0.2, 0) is 44.5 Å². The van der Waals surface area contributed by atoms with Crippen LogP contribution in [-0.4, -0.2) is 127 Å². The second-order valence-electron chi connectivity index (χ2n) is 17.7. The molecule has 3 N–H and O–H groups in total. The number of aliphatic hydroxyl groups is 1. The summed E-state index contributed by atoms with van der Waals surface area (Å²) in [5, 5.41) is 17.3. The number of nitrogens with zero attached hydrogens (tertiary/aromatic N) is 2. The molecule has 62 heavy (non-hydrogen) atoms. The summed E-state index contributed by atoms with van der Waals surface area (Å²) in [4.78, 5) is 69.3. The Morgan fingerprint density at radius 3 is 2.52 bits per heavy atom. The molecular weight excluding hydrogens is 860 g/mol. The number of epoxide rings is 1. The third-order valence-corrected chi connectivity index (χ3v) is 15.8. The summed E-state index contributed by atoms with van der Waals surface area (Å²) in [5.74, 6) is -0.285. The molecule has 1 aromatic carbocycles. The van der Waals surface area contributed by atoms with Gasteiger partial charge in [-0.1, -0.05) is 70.8 Å². The number of anilines is 1. The third-order valence-electron chi connectivity index (χ3n) is 12.0. The first kappa shape index (κ1) is 51.2. The molecule has 7 atom stereocenters. The summed E-state index contributed by atoms with van der Waals surface area (Å²) in [6, 6.07) is 2.56. The van der Waals surface area contributed by atoms with Crippen LogP contribution in [0.1, 0.15) is 92.6 Å². The van der Waals surface area contributed by atoms with E-state index < -0.39 is 65.2 Å². The van der Waals surface area contributed by atoms with Gasteiger partial charge in [0.15, 0.2) is 5.72 Å². The molecule has 0 saturated carbocycles. The highest BCUT2D eigenvalue weighted by molar-refractivity contribution is 8.77. The SMILES string of the molecule is CNC(=O)CCCSSC(C)(C)CCC(=O)N(C)[C@@H](C)C(=O)O[C@H]1CC(=O)N(C)c2cc(cc(OC)c2Cl)C/C(C)=C/C=C/[C@@H](OC)[C@@]2(O)C[C@H](OC(=O)N2)C(C)(C)[C@@H]2O[C@@]12C. The minimum absolute atomic E-state index is 0.00224. The molecule has 4 amide bonds. The number of nitrogens with one attached hydrogen (secondary N) is 2. The fraction of sp³-hybridized carbons (Fsp3) is 0.659. The van der Waals surface area contributed by atoms with Crippen LogP contribution in [0.4, 0.5) is 10.5 Å². The van der Waals surface area contributed by atoms with Crippen molar-refractivity contribution in [3.05, 3.63) is 46.5 Å². The van der Waals surface area contributed by atoms with Gasteiger partial charge in [-0.25, -0.2) is 9.59 Å². The van der Waals surface area contributed by atoms with Gasteiger partial charge in [0.1, 0.15) is 40.7 Å². The number of allylic oxidation sites excluding steroid dienone is 3. The Balaban J connectivity index is 1.63. The van der Waals surface area contributed by atoms with Crippen molar-refractivity contribution in [1.82, 2.24) is 15.5 Å². The Labute approximate surface area is 379 Å². The van der Waals surface area contributed by atoms with E-state index in [2.05, 4.69) is 10.6 Å². The van der Waals surface area contributed by atoms with Crippen LogP contribution < -0.4 is 20.3 Å². The summed E-state index contributed by atoms with van der Waals surface area (Å²) >= 11 is 6.82. The average molecular weight is 926 g/mol. The minimum Gasteiger partial charge on any atom is -0.495 e. The van der Waals surface area contributed by atoms with E-state index >= 15 is 0 Å². The lowest BCUT2D eigenvalue weighted by Crippen LogP contribution is -2.65. The van der Waals surface area contributed by atoms with Gasteiger partial charge in [0.2, 0.25) is 17.7 Å². The Morgan fingerprint density at radius 2 is 1.87 bits per heavy atom. The second-order valence-corrected chi connectivity index (χ2v) is 21.2. The van der Waals surface area contributed by atoms with Crippen molar-refractivity contribution < 1.29 is 52.8 Å². The number of methoxy groups -OCH3 is 2. The number of carbonyl (C=O) groups is 5. The molecule has 4 rings (SSSR count). The molecule has 4 bridgehead atoms. The largest absolute Gasteiger partial charge is 0.495 e. The average Bonchev–Trinajstić information content (AvgIpc) is 3.93. The van der Waals surface area contributed by atoms with Crippen LogP contribution in [0, 0.1) is 5.41 Å². The molecular formula is C44H65ClN4O11S2. The Kier molecular flexibility index (Phi) is 17.3. The van der Waals surface area contributed by atoms with Gasteiger partial charge < -0.3 is 43.9 Å². The van der Waals surface area contributed by atoms with Gasteiger partial charge in [0, 0.05) is 63.4 Å². The lowest BCUT2D eigenvalue weighted by Gasteiger charge is -2.45. The number of ether oxygens (including phenoxy) is 5. The smallest absolute Gasteiger partial charge is 0.409 e. The first-order valence-electron chi connectivity index (χ1n) is 20.8. The number of amides is 4. The van der Waals surface area contributed by atoms with E-state index in [1.807, 2.05) is 40.7 Å². The molecule has 3 aliphatic heterocycles. The van der Waals surface area contributed by atoms with Crippen LogP contribution >= 0.6 is 33.2 Å². The van der Waals surface area contributed by atoms with Crippen LogP contribution in [0.3, 0.4) is 0 Å². The maximum absolute atomic E-state index is 14.4. The first-order chi connectivity index (χ1) is 28.9. The van der Waals surface area contributed by atoms with Crippen LogP contribution in [0.5, 0.6) is 5.75 Å². The Hall–Kier alpha value is -3.48. The Bertz CT molecular complexity index is 1900. The standard InChI is InChI=1S/C44H65ClN4O11S2/c1-26-15-13-16-31(57-12)44(55)25-33(59-40(54)47-44)42(5,6)39-43(7,60-39)32(24-36(52)49(10)29-22-28(21-26)23-30(56-11)37(29)45)58-38(53)27(2)48(9)35(51)18-19-41(3,4)62-61-20-14-17-34(50)46-8/h13,15-16,22-23,27,31-33,39,55H,14,17-21,24-25H2,1-12H3,(H,46,50)(H,47,54)/b16-13+,26-15+/t27-,31+,32-,33-,39-,43-,44-/m0/s1. The van der Waals surface area contributed by atoms with Crippen molar-refractivity contribution >= 4 is 68.7 Å². The molecule has 0 radical (unpaired) electrons. The van der Waals surface area contributed by atoms with Crippen molar-refractivity contribution in [2.75, 3.05) is 46.0 Å². The summed E-state index contributed by atoms with van der Waals surface area (Å²) in [6.07, 6.45) is 2.55. The fourth-order valence-corrected chi connectivity index (χ4v) is 10.7. The molecule has 15 nitrogen and oxygen atoms in total. The lowest BCUT2D eigenvalue weighted by molar-refractivity contribution is -0.162. The molecule has 1 aromatic rings. The van der Waals surface area contributed by atoms with Crippen molar-refractivity contribution in [3.8, 4) is 5.75 Å². The minimum atomic E-state index is -1.87. The van der Waals surface area contributed by atoms with Crippen molar-refractivity contribution in [1.29, 1.82) is 0 Å². The maximum Gasteiger partial charge on any atom is 0.409 e. The van der Waals surface area contributed by atoms with Gasteiger partial charge in [-0.3, -0.25) is 19.7 Å². The molecule has 0 unspecified atom stereocenters. The van der Waals surface area contributed by atoms with Gasteiger partial charge >= 0.3 is 12.1 Å². The van der Waals surface area contributed by atoms with Gasteiger partial charge in [0.25, 0.3) is 0 Å². The number of halogens is 1. The van der Waals surface area contributed by atoms with Crippen LogP contribution in [0.15, 0.2) is 35.9 Å². The van der Waals surface area contributed by atoms with E-state index in [1.165, 1.54) is 24.0 Å². The van der Waals surface area contributed by atoms with Crippen LogP contribution in [0.25, 0.3) is 0 Å². The monoisotopic (exact) mass is 924 g/mol. The number of benzene rings is 1. The van der Waals surface area contributed by atoms with Crippen molar-refractivity contribution in [3.63, 3.8) is 0 Å². The van der Waals surface area contributed by atoms with Crippen molar-refractivity contribution in [2.24, 2.45) is 5.41 Å². The molecule has 2 saturated heterocycles. The van der Waals surface area contributed by atoms with E-state index in [0.717, 1.165) is 23.3 Å². The topological polar surface area (TPSA) is 186 Å². The van der Waals surface area contributed by atoms with Gasteiger partial charge in [-0.05, 0) is 71.6 Å². The highest BCUT2D eigenvalue weighted by atomic mass is 35.5. The number of hydrogen-bond acceptors (Lipinski definition) is 13.